The van der Waals surface area contributed by atoms with E-state index in [4.69, 9.17) is 9.47 Å². The number of rotatable bonds is 12. The van der Waals surface area contributed by atoms with E-state index < -0.39 is 11.6 Å². The summed E-state index contributed by atoms with van der Waals surface area (Å²) >= 11 is 0. The molecule has 0 bridgehead atoms. The number of carbonyl (C=O) groups excluding carboxylic acids is 1. The van der Waals surface area contributed by atoms with Gasteiger partial charge in [-0.1, -0.05) is 19.9 Å². The first-order chi connectivity index (χ1) is 15.8. The lowest BCUT2D eigenvalue weighted by Crippen LogP contribution is -2.20. The number of nitrogens with zero attached hydrogens (tertiary/aromatic N) is 3. The van der Waals surface area contributed by atoms with Gasteiger partial charge < -0.3 is 9.47 Å². The Hall–Kier alpha value is -3.55. The molecule has 0 N–H and O–H groups in total. The number of hydrogen-bond acceptors (Lipinski definition) is 5. The van der Waals surface area contributed by atoms with Crippen molar-refractivity contribution in [3.63, 3.8) is 0 Å². The average Bonchev–Trinajstić information content (AvgIpc) is 2.79. The predicted octanol–water partition coefficient (Wildman–Crippen LogP) is 5.84. The summed E-state index contributed by atoms with van der Waals surface area (Å²) in [5.74, 6) is -0.722. The SMILES string of the molecule is C=C(OCCCC)c1cc(N(C=O)/C(C)=C\C(=C/C)OCc2ncc(F)cc2F)c(C)cn1. The number of allylic oxidation sites excluding steroid dienone is 3. The maximum atomic E-state index is 13.8. The van der Waals surface area contributed by atoms with Gasteiger partial charge >= 0.3 is 0 Å². The standard InChI is InChI=1S/C25H29F2N3O3/c1-6-8-9-32-19(5)23-12-25(17(3)13-28-23)30(16-31)18(4)10-21(7-2)33-15-24-22(27)11-20(26)14-29-24/h7,10-14,16H,5-6,8-9,15H2,1-4H3/b18-10-,21-7+. The molecule has 2 aromatic rings. The van der Waals surface area contributed by atoms with E-state index in [1.165, 1.54) is 4.90 Å². The minimum atomic E-state index is -0.790. The summed E-state index contributed by atoms with van der Waals surface area (Å²) in [7, 11) is 0. The van der Waals surface area contributed by atoms with Crippen LogP contribution in [0.1, 0.15) is 50.6 Å². The second kappa shape index (κ2) is 12.5. The number of amides is 1. The highest BCUT2D eigenvalue weighted by Gasteiger charge is 2.15. The third-order valence-corrected chi connectivity index (χ3v) is 4.77. The molecule has 33 heavy (non-hydrogen) atoms. The van der Waals surface area contributed by atoms with Crippen molar-refractivity contribution in [2.75, 3.05) is 11.5 Å². The molecule has 0 aliphatic carbocycles. The van der Waals surface area contributed by atoms with E-state index >= 15 is 0 Å². The van der Waals surface area contributed by atoms with Gasteiger partial charge in [-0.05, 0) is 51.0 Å². The zero-order chi connectivity index (χ0) is 24.4. The number of aryl methyl sites for hydroxylation is 1. The molecule has 1 amide bonds. The minimum Gasteiger partial charge on any atom is -0.492 e. The molecule has 2 aromatic heterocycles. The molecule has 6 nitrogen and oxygen atoms in total. The van der Waals surface area contributed by atoms with Crippen molar-refractivity contribution in [3.8, 4) is 0 Å². The Morgan fingerprint density at radius 1 is 1.21 bits per heavy atom. The van der Waals surface area contributed by atoms with Crippen molar-refractivity contribution in [1.29, 1.82) is 0 Å². The summed E-state index contributed by atoms with van der Waals surface area (Å²) in [6.45, 7) is 11.7. The van der Waals surface area contributed by atoms with Gasteiger partial charge in [0.1, 0.15) is 35.3 Å². The number of hydrogen-bond donors (Lipinski definition) is 0. The topological polar surface area (TPSA) is 64.5 Å². The van der Waals surface area contributed by atoms with Crippen LogP contribution >= 0.6 is 0 Å². The summed E-state index contributed by atoms with van der Waals surface area (Å²) in [5, 5.41) is 0. The van der Waals surface area contributed by atoms with Crippen molar-refractivity contribution in [2.24, 2.45) is 0 Å². The Labute approximate surface area is 193 Å². The molecule has 0 radical (unpaired) electrons. The lowest BCUT2D eigenvalue weighted by Gasteiger charge is -2.22. The highest BCUT2D eigenvalue weighted by Crippen LogP contribution is 2.26. The number of aromatic nitrogens is 2. The maximum absolute atomic E-state index is 13.8. The fourth-order valence-electron chi connectivity index (χ4n) is 2.85. The molecular formula is C25H29F2N3O3. The number of ether oxygens (including phenoxy) is 2. The normalized spacial score (nSPS) is 11.8. The summed E-state index contributed by atoms with van der Waals surface area (Å²) in [6.07, 6.45) is 8.48. The van der Waals surface area contributed by atoms with E-state index in [0.29, 0.717) is 41.6 Å². The van der Waals surface area contributed by atoms with Crippen LogP contribution in [0.25, 0.3) is 5.76 Å². The van der Waals surface area contributed by atoms with Crippen LogP contribution in [0.3, 0.4) is 0 Å². The fraction of sp³-hybridized carbons (Fsp3) is 0.320. The van der Waals surface area contributed by atoms with Gasteiger partial charge in [-0.2, -0.15) is 0 Å². The smallest absolute Gasteiger partial charge is 0.218 e. The van der Waals surface area contributed by atoms with E-state index in [1.807, 2.05) is 6.92 Å². The van der Waals surface area contributed by atoms with Crippen LogP contribution in [-0.4, -0.2) is 23.0 Å². The molecule has 0 saturated carbocycles. The molecule has 0 aliphatic heterocycles. The highest BCUT2D eigenvalue weighted by atomic mass is 19.1. The Bertz CT molecular complexity index is 1050. The van der Waals surface area contributed by atoms with Crippen LogP contribution in [0, 0.1) is 18.6 Å². The monoisotopic (exact) mass is 457 g/mol. The predicted molar refractivity (Wildman–Crippen MR) is 124 cm³/mol. The van der Waals surface area contributed by atoms with Crippen molar-refractivity contribution >= 4 is 17.9 Å². The second-order valence-electron chi connectivity index (χ2n) is 7.30. The third-order valence-electron chi connectivity index (χ3n) is 4.77. The van der Waals surface area contributed by atoms with E-state index in [-0.39, 0.29) is 12.3 Å². The summed E-state index contributed by atoms with van der Waals surface area (Å²) in [4.78, 5) is 21.5. The van der Waals surface area contributed by atoms with Crippen LogP contribution in [0.2, 0.25) is 0 Å². The van der Waals surface area contributed by atoms with Crippen molar-refractivity contribution in [1.82, 2.24) is 9.97 Å². The van der Waals surface area contributed by atoms with Crippen molar-refractivity contribution in [3.05, 3.63) is 83.3 Å². The third kappa shape index (κ3) is 7.24. The summed E-state index contributed by atoms with van der Waals surface area (Å²) < 4.78 is 38.1. The number of unbranched alkanes of at least 4 members (excludes halogenated alkanes) is 1. The van der Waals surface area contributed by atoms with Gasteiger partial charge in [-0.15, -0.1) is 0 Å². The first-order valence-corrected chi connectivity index (χ1v) is 10.6. The van der Waals surface area contributed by atoms with Crippen LogP contribution < -0.4 is 4.90 Å². The van der Waals surface area contributed by atoms with Crippen LogP contribution in [0.4, 0.5) is 14.5 Å². The Kier molecular flexibility index (Phi) is 9.72. The molecule has 0 spiro atoms. The van der Waals surface area contributed by atoms with Crippen LogP contribution in [0.5, 0.6) is 0 Å². The molecule has 0 fully saturated rings. The molecule has 8 heteroatoms. The van der Waals surface area contributed by atoms with E-state index in [1.54, 1.807) is 38.3 Å². The number of pyridine rings is 2. The summed E-state index contributed by atoms with van der Waals surface area (Å²) in [6, 6.07) is 2.49. The molecule has 0 unspecified atom stereocenters. The average molecular weight is 458 g/mol. The zero-order valence-corrected chi connectivity index (χ0v) is 19.4. The molecule has 0 aliphatic rings. The lowest BCUT2D eigenvalue weighted by molar-refractivity contribution is -0.107. The van der Waals surface area contributed by atoms with Gasteiger partial charge in [0.25, 0.3) is 0 Å². The Morgan fingerprint density at radius 2 is 1.97 bits per heavy atom. The quantitative estimate of drug-likeness (QED) is 0.173. The van der Waals surface area contributed by atoms with Gasteiger partial charge in [0.05, 0.1) is 18.5 Å². The van der Waals surface area contributed by atoms with Crippen molar-refractivity contribution in [2.45, 2.75) is 47.1 Å². The first kappa shape index (κ1) is 25.7. The van der Waals surface area contributed by atoms with Gasteiger partial charge in [0, 0.05) is 18.0 Å². The summed E-state index contributed by atoms with van der Waals surface area (Å²) in [5.41, 5.74) is 2.46. The van der Waals surface area contributed by atoms with E-state index in [2.05, 4.69) is 23.5 Å². The van der Waals surface area contributed by atoms with Crippen molar-refractivity contribution < 1.29 is 23.0 Å². The molecular weight excluding hydrogens is 428 g/mol. The fourth-order valence-corrected chi connectivity index (χ4v) is 2.85. The second-order valence-corrected chi connectivity index (χ2v) is 7.30. The van der Waals surface area contributed by atoms with Gasteiger partial charge in [-0.3, -0.25) is 19.7 Å². The first-order valence-electron chi connectivity index (χ1n) is 10.6. The Balaban J connectivity index is 2.21. The largest absolute Gasteiger partial charge is 0.492 e. The van der Waals surface area contributed by atoms with Gasteiger partial charge in [0.2, 0.25) is 6.41 Å². The number of carbonyl (C=O) groups is 1. The van der Waals surface area contributed by atoms with Crippen LogP contribution in [-0.2, 0) is 20.9 Å². The van der Waals surface area contributed by atoms with E-state index in [0.717, 1.165) is 30.7 Å². The number of halogens is 2. The molecule has 2 rings (SSSR count). The maximum Gasteiger partial charge on any atom is 0.218 e. The molecule has 176 valence electrons. The molecule has 0 aromatic carbocycles. The van der Waals surface area contributed by atoms with Crippen LogP contribution in [0.15, 0.2) is 54.7 Å². The zero-order valence-electron chi connectivity index (χ0n) is 19.4. The lowest BCUT2D eigenvalue weighted by atomic mass is 10.2. The van der Waals surface area contributed by atoms with Gasteiger partial charge in [0.15, 0.2) is 5.82 Å². The minimum absolute atomic E-state index is 0.0229. The van der Waals surface area contributed by atoms with Gasteiger partial charge in [-0.25, -0.2) is 8.78 Å². The molecule has 0 atom stereocenters. The molecule has 0 saturated heterocycles. The Morgan fingerprint density at radius 3 is 2.61 bits per heavy atom. The van der Waals surface area contributed by atoms with E-state index in [9.17, 15) is 13.6 Å². The number of anilines is 1. The highest BCUT2D eigenvalue weighted by molar-refractivity contribution is 5.82. The molecule has 2 heterocycles.